The van der Waals surface area contributed by atoms with E-state index in [1.165, 1.54) is 6.92 Å². The van der Waals surface area contributed by atoms with Gasteiger partial charge in [-0.1, -0.05) is 0 Å². The van der Waals surface area contributed by atoms with E-state index < -0.39 is 12.0 Å². The van der Waals surface area contributed by atoms with Crippen LogP contribution < -0.4 is 4.74 Å². The zero-order valence-corrected chi connectivity index (χ0v) is 12.5. The van der Waals surface area contributed by atoms with Crippen molar-refractivity contribution in [2.75, 3.05) is 13.2 Å². The number of rotatable bonds is 6. The standard InChI is InChI=1S/C16H21NO4/c1-3-21-15-7-6-12(11(2)18)9-13(15)10-17-8-4-5-14(17)16(19)20/h6-7,9,14H,3-5,8,10H2,1-2H3,(H,19,20). The summed E-state index contributed by atoms with van der Waals surface area (Å²) in [6.45, 7) is 5.21. The quantitative estimate of drug-likeness (QED) is 0.815. The Balaban J connectivity index is 2.25. The number of carboxylic acid groups (broad SMARTS) is 1. The highest BCUT2D eigenvalue weighted by atomic mass is 16.5. The Bertz CT molecular complexity index is 541. The number of hydrogen-bond acceptors (Lipinski definition) is 4. The number of nitrogens with zero attached hydrogens (tertiary/aromatic N) is 1. The first-order chi connectivity index (χ1) is 10.0. The normalized spacial score (nSPS) is 18.7. The molecule has 0 aromatic heterocycles. The SMILES string of the molecule is CCOc1ccc(C(C)=O)cc1CN1CCCC1C(=O)O. The van der Waals surface area contributed by atoms with E-state index in [0.717, 1.165) is 24.3 Å². The monoisotopic (exact) mass is 291 g/mol. The number of benzene rings is 1. The minimum absolute atomic E-state index is 0.00416. The van der Waals surface area contributed by atoms with Crippen molar-refractivity contribution in [1.82, 2.24) is 4.90 Å². The fraction of sp³-hybridized carbons (Fsp3) is 0.500. The van der Waals surface area contributed by atoms with Crippen molar-refractivity contribution in [3.05, 3.63) is 29.3 Å². The van der Waals surface area contributed by atoms with Crippen molar-refractivity contribution >= 4 is 11.8 Å². The summed E-state index contributed by atoms with van der Waals surface area (Å²) in [5.41, 5.74) is 1.50. The second-order valence-electron chi connectivity index (χ2n) is 5.28. The summed E-state index contributed by atoms with van der Waals surface area (Å²) in [4.78, 5) is 24.7. The van der Waals surface area contributed by atoms with E-state index in [0.29, 0.717) is 25.1 Å². The Morgan fingerprint density at radius 1 is 1.43 bits per heavy atom. The molecule has 0 bridgehead atoms. The lowest BCUT2D eigenvalue weighted by Crippen LogP contribution is -2.35. The highest BCUT2D eigenvalue weighted by molar-refractivity contribution is 5.94. The van der Waals surface area contributed by atoms with Crippen LogP contribution in [0.3, 0.4) is 0 Å². The van der Waals surface area contributed by atoms with Crippen LogP contribution in [0.5, 0.6) is 5.75 Å². The molecule has 0 amide bonds. The molecule has 0 saturated carbocycles. The van der Waals surface area contributed by atoms with Gasteiger partial charge in [-0.3, -0.25) is 14.5 Å². The zero-order valence-electron chi connectivity index (χ0n) is 12.5. The molecule has 0 radical (unpaired) electrons. The predicted molar refractivity (Wildman–Crippen MR) is 78.7 cm³/mol. The fourth-order valence-corrected chi connectivity index (χ4v) is 2.73. The Morgan fingerprint density at radius 2 is 2.19 bits per heavy atom. The summed E-state index contributed by atoms with van der Waals surface area (Å²) in [5.74, 6) is -0.0674. The lowest BCUT2D eigenvalue weighted by Gasteiger charge is -2.22. The van der Waals surface area contributed by atoms with Crippen LogP contribution in [0.15, 0.2) is 18.2 Å². The van der Waals surface area contributed by atoms with Gasteiger partial charge in [0.05, 0.1) is 6.61 Å². The number of Topliss-reactive ketones (excluding diaryl/α,β-unsaturated/α-hetero) is 1. The summed E-state index contributed by atoms with van der Waals surface area (Å²) in [7, 11) is 0. The largest absolute Gasteiger partial charge is 0.494 e. The molecule has 1 aliphatic rings. The minimum Gasteiger partial charge on any atom is -0.494 e. The molecule has 5 nitrogen and oxygen atoms in total. The van der Waals surface area contributed by atoms with Crippen LogP contribution in [0.1, 0.15) is 42.6 Å². The Morgan fingerprint density at radius 3 is 2.81 bits per heavy atom. The van der Waals surface area contributed by atoms with E-state index in [1.54, 1.807) is 12.1 Å². The first-order valence-electron chi connectivity index (χ1n) is 7.26. The van der Waals surface area contributed by atoms with Gasteiger partial charge < -0.3 is 9.84 Å². The van der Waals surface area contributed by atoms with Crippen LogP contribution in [-0.4, -0.2) is 41.0 Å². The Hall–Kier alpha value is -1.88. The number of carboxylic acids is 1. The van der Waals surface area contributed by atoms with E-state index in [2.05, 4.69) is 0 Å². The fourth-order valence-electron chi connectivity index (χ4n) is 2.73. The number of likely N-dealkylation sites (tertiary alicyclic amines) is 1. The molecule has 1 atom stereocenters. The lowest BCUT2D eigenvalue weighted by atomic mass is 10.1. The predicted octanol–water partition coefficient (Wildman–Crippen LogP) is 2.34. The summed E-state index contributed by atoms with van der Waals surface area (Å²) in [6.07, 6.45) is 1.55. The molecule has 1 fully saturated rings. The summed E-state index contributed by atoms with van der Waals surface area (Å²) in [6, 6.07) is 4.90. The van der Waals surface area contributed by atoms with E-state index >= 15 is 0 Å². The van der Waals surface area contributed by atoms with Gasteiger partial charge in [0.2, 0.25) is 0 Å². The number of hydrogen-bond donors (Lipinski definition) is 1. The maximum absolute atomic E-state index is 11.5. The molecular weight excluding hydrogens is 270 g/mol. The van der Waals surface area contributed by atoms with Crippen LogP contribution in [-0.2, 0) is 11.3 Å². The number of ether oxygens (including phenoxy) is 1. The highest BCUT2D eigenvalue weighted by Crippen LogP contribution is 2.26. The van der Waals surface area contributed by atoms with E-state index in [-0.39, 0.29) is 5.78 Å². The Labute approximate surface area is 124 Å². The van der Waals surface area contributed by atoms with Crippen LogP contribution in [0.4, 0.5) is 0 Å². The molecule has 21 heavy (non-hydrogen) atoms. The van der Waals surface area contributed by atoms with Gasteiger partial charge in [-0.05, 0) is 51.4 Å². The molecular formula is C16H21NO4. The molecule has 1 saturated heterocycles. The topological polar surface area (TPSA) is 66.8 Å². The third-order valence-electron chi connectivity index (χ3n) is 3.79. The molecule has 0 spiro atoms. The van der Waals surface area contributed by atoms with E-state index in [4.69, 9.17) is 4.74 Å². The van der Waals surface area contributed by atoms with E-state index in [9.17, 15) is 14.7 Å². The van der Waals surface area contributed by atoms with Crippen LogP contribution in [0.2, 0.25) is 0 Å². The average molecular weight is 291 g/mol. The third-order valence-corrected chi connectivity index (χ3v) is 3.79. The molecule has 1 aliphatic heterocycles. The van der Waals surface area contributed by atoms with Gasteiger partial charge in [0.25, 0.3) is 0 Å². The smallest absolute Gasteiger partial charge is 0.320 e. The molecule has 1 aromatic rings. The number of carbonyl (C=O) groups excluding carboxylic acids is 1. The summed E-state index contributed by atoms with van der Waals surface area (Å²) in [5, 5.41) is 9.25. The van der Waals surface area contributed by atoms with Gasteiger partial charge >= 0.3 is 5.97 Å². The maximum Gasteiger partial charge on any atom is 0.320 e. The van der Waals surface area contributed by atoms with Crippen LogP contribution in [0.25, 0.3) is 0 Å². The molecule has 1 heterocycles. The maximum atomic E-state index is 11.5. The number of carbonyl (C=O) groups is 2. The van der Waals surface area contributed by atoms with Crippen molar-refractivity contribution < 1.29 is 19.4 Å². The molecule has 1 N–H and O–H groups in total. The molecule has 2 rings (SSSR count). The van der Waals surface area contributed by atoms with Crippen LogP contribution in [0, 0.1) is 0 Å². The van der Waals surface area contributed by atoms with Crippen molar-refractivity contribution in [3.8, 4) is 5.75 Å². The van der Waals surface area contributed by atoms with Crippen molar-refractivity contribution in [2.24, 2.45) is 0 Å². The Kier molecular flexibility index (Phi) is 4.96. The van der Waals surface area contributed by atoms with Gasteiger partial charge in [-0.2, -0.15) is 0 Å². The molecule has 114 valence electrons. The van der Waals surface area contributed by atoms with Gasteiger partial charge in [-0.15, -0.1) is 0 Å². The number of ketones is 1. The second kappa shape index (κ2) is 6.72. The molecule has 1 unspecified atom stereocenters. The zero-order chi connectivity index (χ0) is 15.4. The van der Waals surface area contributed by atoms with Gasteiger partial charge in [0.15, 0.2) is 5.78 Å². The third kappa shape index (κ3) is 3.61. The lowest BCUT2D eigenvalue weighted by molar-refractivity contribution is -0.142. The van der Waals surface area contributed by atoms with Gasteiger partial charge in [0.1, 0.15) is 11.8 Å². The first kappa shape index (κ1) is 15.5. The van der Waals surface area contributed by atoms with Crippen molar-refractivity contribution in [1.29, 1.82) is 0 Å². The first-order valence-corrected chi connectivity index (χ1v) is 7.26. The van der Waals surface area contributed by atoms with E-state index in [1.807, 2.05) is 17.9 Å². The van der Waals surface area contributed by atoms with Gasteiger partial charge in [-0.25, -0.2) is 0 Å². The number of aliphatic carboxylic acids is 1. The molecule has 0 aliphatic carbocycles. The molecule has 5 heteroatoms. The highest BCUT2D eigenvalue weighted by Gasteiger charge is 2.30. The van der Waals surface area contributed by atoms with Crippen molar-refractivity contribution in [3.63, 3.8) is 0 Å². The summed E-state index contributed by atoms with van der Waals surface area (Å²) >= 11 is 0. The minimum atomic E-state index is -0.784. The van der Waals surface area contributed by atoms with Crippen LogP contribution >= 0.6 is 0 Å². The second-order valence-corrected chi connectivity index (χ2v) is 5.28. The van der Waals surface area contributed by atoms with Gasteiger partial charge in [0, 0.05) is 17.7 Å². The summed E-state index contributed by atoms with van der Waals surface area (Å²) < 4.78 is 5.59. The molecule has 1 aromatic carbocycles. The average Bonchev–Trinajstić information content (AvgIpc) is 2.89. The van der Waals surface area contributed by atoms with Crippen molar-refractivity contribution in [2.45, 2.75) is 39.3 Å².